The van der Waals surface area contributed by atoms with E-state index in [-0.39, 0.29) is 37.1 Å². The van der Waals surface area contributed by atoms with E-state index in [4.69, 9.17) is 9.47 Å². The summed E-state index contributed by atoms with van der Waals surface area (Å²) in [5.74, 6) is -0.553. The van der Waals surface area contributed by atoms with Crippen molar-refractivity contribution in [3.05, 3.63) is 0 Å². The molecule has 116 valence electrons. The Hall–Kier alpha value is -1.14. The predicted molar refractivity (Wildman–Crippen MR) is 73.3 cm³/mol. The first-order chi connectivity index (χ1) is 9.51. The number of carbonyl (C=O) groups excluding carboxylic acids is 2. The van der Waals surface area contributed by atoms with Crippen LogP contribution in [0.4, 0.5) is 0 Å². The highest BCUT2D eigenvalue weighted by atomic mass is 16.5. The Morgan fingerprint density at radius 3 is 2.65 bits per heavy atom. The summed E-state index contributed by atoms with van der Waals surface area (Å²) in [4.78, 5) is 24.9. The van der Waals surface area contributed by atoms with Crippen molar-refractivity contribution < 1.29 is 23.8 Å². The lowest BCUT2D eigenvalue weighted by Gasteiger charge is -2.24. The molecule has 6 heteroatoms. The van der Waals surface area contributed by atoms with Gasteiger partial charge in [-0.05, 0) is 26.7 Å². The summed E-state index contributed by atoms with van der Waals surface area (Å²) in [5.41, 5.74) is 0. The lowest BCUT2D eigenvalue weighted by atomic mass is 10.2. The molecule has 6 nitrogen and oxygen atoms in total. The third-order valence-electron chi connectivity index (χ3n) is 3.07. The van der Waals surface area contributed by atoms with Crippen LogP contribution in [0, 0.1) is 0 Å². The Balaban J connectivity index is 2.44. The van der Waals surface area contributed by atoms with E-state index in [9.17, 15) is 9.59 Å². The smallest absolute Gasteiger partial charge is 0.320 e. The van der Waals surface area contributed by atoms with Crippen LogP contribution in [0.2, 0.25) is 0 Å². The van der Waals surface area contributed by atoms with Gasteiger partial charge in [-0.25, -0.2) is 0 Å². The molecule has 1 rings (SSSR count). The topological polar surface area (TPSA) is 65.1 Å². The van der Waals surface area contributed by atoms with E-state index < -0.39 is 0 Å². The molecule has 1 aliphatic heterocycles. The van der Waals surface area contributed by atoms with Crippen molar-refractivity contribution in [1.82, 2.24) is 4.90 Å². The van der Waals surface area contributed by atoms with Crippen LogP contribution >= 0.6 is 0 Å². The van der Waals surface area contributed by atoms with Crippen LogP contribution in [-0.2, 0) is 23.8 Å². The van der Waals surface area contributed by atoms with Crippen molar-refractivity contribution in [3.8, 4) is 0 Å². The predicted octanol–water partition coefficient (Wildman–Crippen LogP) is 0.982. The number of hydrogen-bond donors (Lipinski definition) is 0. The van der Waals surface area contributed by atoms with E-state index in [1.807, 2.05) is 18.7 Å². The molecular formula is C14H25NO5. The van der Waals surface area contributed by atoms with Crippen LogP contribution in [0.3, 0.4) is 0 Å². The monoisotopic (exact) mass is 287 g/mol. The second kappa shape index (κ2) is 8.92. The minimum Gasteiger partial charge on any atom is -0.469 e. The van der Waals surface area contributed by atoms with Crippen molar-refractivity contribution >= 4 is 11.9 Å². The first-order valence-corrected chi connectivity index (χ1v) is 7.11. The molecule has 0 spiro atoms. The molecule has 0 amide bonds. The Morgan fingerprint density at radius 2 is 2.10 bits per heavy atom. The largest absolute Gasteiger partial charge is 0.469 e. The number of nitrogens with zero attached hydrogens (tertiary/aromatic N) is 1. The van der Waals surface area contributed by atoms with Crippen LogP contribution in [0.15, 0.2) is 0 Å². The van der Waals surface area contributed by atoms with E-state index in [2.05, 4.69) is 4.74 Å². The summed E-state index contributed by atoms with van der Waals surface area (Å²) < 4.78 is 15.3. The lowest BCUT2D eigenvalue weighted by molar-refractivity contribution is -0.150. The van der Waals surface area contributed by atoms with Crippen molar-refractivity contribution in [2.75, 3.05) is 33.4 Å². The molecule has 0 aromatic carbocycles. The first kappa shape index (κ1) is 16.9. The number of rotatable bonds is 8. The van der Waals surface area contributed by atoms with Crippen LogP contribution in [-0.4, -0.2) is 62.4 Å². The normalized spacial score (nSPS) is 18.6. The number of methoxy groups -OCH3 is 1. The van der Waals surface area contributed by atoms with Crippen LogP contribution in [0.1, 0.15) is 33.1 Å². The van der Waals surface area contributed by atoms with Gasteiger partial charge >= 0.3 is 11.9 Å². The number of carbonyl (C=O) groups is 2. The second-order valence-corrected chi connectivity index (χ2v) is 5.23. The Kier molecular flexibility index (Phi) is 7.54. The molecule has 0 radical (unpaired) electrons. The molecule has 0 saturated carbocycles. The van der Waals surface area contributed by atoms with Crippen molar-refractivity contribution in [1.29, 1.82) is 0 Å². The molecule has 0 N–H and O–H groups in total. The molecule has 0 aromatic heterocycles. The number of hydrogen-bond acceptors (Lipinski definition) is 6. The zero-order valence-electron chi connectivity index (χ0n) is 12.6. The molecule has 1 unspecified atom stereocenters. The average Bonchev–Trinajstić information content (AvgIpc) is 2.87. The van der Waals surface area contributed by atoms with E-state index in [1.54, 1.807) is 0 Å². The Bertz CT molecular complexity index is 313. The lowest BCUT2D eigenvalue weighted by Crippen LogP contribution is -2.38. The zero-order chi connectivity index (χ0) is 15.0. The van der Waals surface area contributed by atoms with Crippen LogP contribution in [0.25, 0.3) is 0 Å². The maximum Gasteiger partial charge on any atom is 0.320 e. The minimum atomic E-state index is -0.278. The van der Waals surface area contributed by atoms with Crippen molar-refractivity contribution in [2.24, 2.45) is 0 Å². The second-order valence-electron chi connectivity index (χ2n) is 5.23. The summed E-state index contributed by atoms with van der Waals surface area (Å²) >= 11 is 0. The maximum atomic E-state index is 11.7. The molecule has 20 heavy (non-hydrogen) atoms. The Labute approximate surface area is 120 Å². The van der Waals surface area contributed by atoms with Crippen LogP contribution in [0.5, 0.6) is 0 Å². The minimum absolute atomic E-state index is 0.132. The highest BCUT2D eigenvalue weighted by Gasteiger charge is 2.22. The quantitative estimate of drug-likeness (QED) is 0.620. The molecule has 1 heterocycles. The van der Waals surface area contributed by atoms with E-state index in [1.165, 1.54) is 7.11 Å². The summed E-state index contributed by atoms with van der Waals surface area (Å²) in [5, 5.41) is 0. The van der Waals surface area contributed by atoms with E-state index in [0.29, 0.717) is 13.1 Å². The fourth-order valence-corrected chi connectivity index (χ4v) is 2.15. The molecule has 1 atom stereocenters. The molecule has 0 aliphatic carbocycles. The van der Waals surface area contributed by atoms with E-state index in [0.717, 1.165) is 19.4 Å². The molecule has 1 aliphatic rings. The SMILES string of the molecule is COC(=O)CCN(CC(=O)OC(C)C)CC1CCCO1. The summed E-state index contributed by atoms with van der Waals surface area (Å²) in [7, 11) is 1.36. The van der Waals surface area contributed by atoms with Gasteiger partial charge in [0.05, 0.1) is 32.3 Å². The van der Waals surface area contributed by atoms with Crippen molar-refractivity contribution in [2.45, 2.75) is 45.3 Å². The maximum absolute atomic E-state index is 11.7. The molecule has 1 fully saturated rings. The van der Waals surface area contributed by atoms with Gasteiger partial charge in [-0.2, -0.15) is 0 Å². The zero-order valence-corrected chi connectivity index (χ0v) is 12.6. The van der Waals surface area contributed by atoms with Gasteiger partial charge in [0.2, 0.25) is 0 Å². The summed E-state index contributed by atoms with van der Waals surface area (Å²) in [6, 6.07) is 0. The molecule has 1 saturated heterocycles. The van der Waals surface area contributed by atoms with Gasteiger partial charge in [-0.15, -0.1) is 0 Å². The third-order valence-corrected chi connectivity index (χ3v) is 3.07. The van der Waals surface area contributed by atoms with E-state index >= 15 is 0 Å². The van der Waals surface area contributed by atoms with Gasteiger partial charge in [0.15, 0.2) is 0 Å². The van der Waals surface area contributed by atoms with Gasteiger partial charge in [-0.1, -0.05) is 0 Å². The van der Waals surface area contributed by atoms with Crippen LogP contribution < -0.4 is 0 Å². The van der Waals surface area contributed by atoms with Gasteiger partial charge in [0, 0.05) is 19.7 Å². The molecular weight excluding hydrogens is 262 g/mol. The Morgan fingerprint density at radius 1 is 1.35 bits per heavy atom. The third kappa shape index (κ3) is 6.86. The summed E-state index contributed by atoms with van der Waals surface area (Å²) in [6.07, 6.45) is 2.31. The number of ether oxygens (including phenoxy) is 3. The highest BCUT2D eigenvalue weighted by Crippen LogP contribution is 2.13. The van der Waals surface area contributed by atoms with Gasteiger partial charge in [0.25, 0.3) is 0 Å². The highest BCUT2D eigenvalue weighted by molar-refractivity contribution is 5.72. The first-order valence-electron chi connectivity index (χ1n) is 7.11. The molecule has 0 aromatic rings. The van der Waals surface area contributed by atoms with Gasteiger partial charge in [0.1, 0.15) is 0 Å². The standard InChI is InChI=1S/C14H25NO5/c1-11(2)20-14(17)10-15(7-6-13(16)18-3)9-12-5-4-8-19-12/h11-12H,4-10H2,1-3H3. The van der Waals surface area contributed by atoms with Crippen molar-refractivity contribution in [3.63, 3.8) is 0 Å². The summed E-state index contributed by atoms with van der Waals surface area (Å²) in [6.45, 7) is 5.69. The molecule has 0 bridgehead atoms. The van der Waals surface area contributed by atoms with Gasteiger partial charge in [-0.3, -0.25) is 14.5 Å². The average molecular weight is 287 g/mol. The number of esters is 2. The van der Waals surface area contributed by atoms with Gasteiger partial charge < -0.3 is 14.2 Å². The fourth-order valence-electron chi connectivity index (χ4n) is 2.15. The fraction of sp³-hybridized carbons (Fsp3) is 0.857.